The number of amides is 4. The van der Waals surface area contributed by atoms with Crippen molar-refractivity contribution < 1.29 is 19.2 Å². The average Bonchev–Trinajstić information content (AvgIpc) is 2.22. The predicted octanol–water partition coefficient (Wildman–Crippen LogP) is -0.0827. The van der Waals surface area contributed by atoms with E-state index < -0.39 is 35.7 Å². The van der Waals surface area contributed by atoms with E-state index in [0.717, 1.165) is 9.80 Å². The van der Waals surface area contributed by atoms with E-state index in [4.69, 9.17) is 0 Å². The largest absolute Gasteiger partial charge is 0.275 e. The third kappa shape index (κ3) is 2.07. The van der Waals surface area contributed by atoms with Gasteiger partial charge < -0.3 is 0 Å². The van der Waals surface area contributed by atoms with E-state index in [1.54, 1.807) is 6.92 Å². The average molecular weight is 240 g/mol. The Labute approximate surface area is 99.5 Å². The number of rotatable bonds is 1. The lowest BCUT2D eigenvalue weighted by atomic mass is 10.0. The number of carbonyl (C=O) groups is 4. The number of hydrogen-bond acceptors (Lipinski definition) is 4. The van der Waals surface area contributed by atoms with Crippen molar-refractivity contribution in [2.75, 3.05) is 0 Å². The van der Waals surface area contributed by atoms with Gasteiger partial charge in [0.15, 0.2) is 0 Å². The number of nitrogens with zero attached hydrogens (tertiary/aromatic N) is 2. The summed E-state index contributed by atoms with van der Waals surface area (Å²) < 4.78 is 0. The minimum Gasteiger partial charge on any atom is -0.275 e. The van der Waals surface area contributed by atoms with Crippen LogP contribution in [0.1, 0.15) is 34.1 Å². The van der Waals surface area contributed by atoms with Crippen molar-refractivity contribution in [1.29, 1.82) is 0 Å². The van der Waals surface area contributed by atoms with Crippen molar-refractivity contribution in [3.63, 3.8) is 0 Å². The molecule has 1 rings (SSSR count). The van der Waals surface area contributed by atoms with Crippen molar-refractivity contribution in [3.8, 4) is 0 Å². The zero-order valence-electron chi connectivity index (χ0n) is 10.4. The first-order valence-electron chi connectivity index (χ1n) is 5.50. The minimum absolute atomic E-state index is 0.306. The summed E-state index contributed by atoms with van der Waals surface area (Å²) in [5, 5.41) is 0. The van der Waals surface area contributed by atoms with Gasteiger partial charge in [0, 0.05) is 13.8 Å². The van der Waals surface area contributed by atoms with Crippen LogP contribution in [-0.2, 0) is 19.2 Å². The molecular formula is C11H16N2O4. The SMILES string of the molecule is CC[C@H]1C(=O)N(C(C)=O)[C@@H](C)C(=O)N1C(C)=O. The molecule has 1 aliphatic heterocycles. The van der Waals surface area contributed by atoms with Crippen molar-refractivity contribution in [1.82, 2.24) is 9.80 Å². The lowest BCUT2D eigenvalue weighted by Gasteiger charge is -2.40. The van der Waals surface area contributed by atoms with Crippen LogP contribution >= 0.6 is 0 Å². The lowest BCUT2D eigenvalue weighted by Crippen LogP contribution is -2.65. The summed E-state index contributed by atoms with van der Waals surface area (Å²) in [6, 6.07) is -1.77. The summed E-state index contributed by atoms with van der Waals surface area (Å²) in [7, 11) is 0. The molecule has 17 heavy (non-hydrogen) atoms. The van der Waals surface area contributed by atoms with Gasteiger partial charge in [-0.1, -0.05) is 6.92 Å². The molecule has 0 aromatic carbocycles. The Bertz CT molecular complexity index is 391. The van der Waals surface area contributed by atoms with Crippen LogP contribution < -0.4 is 0 Å². The molecule has 6 nitrogen and oxygen atoms in total. The Morgan fingerprint density at radius 3 is 1.88 bits per heavy atom. The summed E-state index contributed by atoms with van der Waals surface area (Å²) >= 11 is 0. The third-order valence-corrected chi connectivity index (χ3v) is 2.88. The molecule has 4 amide bonds. The first kappa shape index (κ1) is 13.3. The van der Waals surface area contributed by atoms with E-state index in [0.29, 0.717) is 6.42 Å². The highest BCUT2D eigenvalue weighted by atomic mass is 16.2. The van der Waals surface area contributed by atoms with E-state index in [1.807, 2.05) is 0 Å². The molecule has 1 heterocycles. The zero-order chi connectivity index (χ0) is 13.3. The first-order valence-corrected chi connectivity index (χ1v) is 5.50. The Hall–Kier alpha value is -1.72. The van der Waals surface area contributed by atoms with Gasteiger partial charge in [-0.25, -0.2) is 0 Å². The fraction of sp³-hybridized carbons (Fsp3) is 0.636. The summed E-state index contributed by atoms with van der Waals surface area (Å²) in [5.41, 5.74) is 0. The molecule has 0 N–H and O–H groups in total. The van der Waals surface area contributed by atoms with Crippen LogP contribution in [-0.4, -0.2) is 45.5 Å². The Morgan fingerprint density at radius 1 is 1.06 bits per heavy atom. The van der Waals surface area contributed by atoms with Crippen LogP contribution in [0.5, 0.6) is 0 Å². The van der Waals surface area contributed by atoms with E-state index in [2.05, 4.69) is 0 Å². The van der Waals surface area contributed by atoms with Crippen LogP contribution in [0.3, 0.4) is 0 Å². The maximum atomic E-state index is 12.0. The van der Waals surface area contributed by atoms with Gasteiger partial charge in [0.05, 0.1) is 0 Å². The van der Waals surface area contributed by atoms with Crippen molar-refractivity contribution in [2.45, 2.75) is 46.2 Å². The first-order chi connectivity index (χ1) is 7.82. The Kier molecular flexibility index (Phi) is 3.65. The number of carbonyl (C=O) groups excluding carboxylic acids is 4. The highest BCUT2D eigenvalue weighted by Crippen LogP contribution is 2.20. The van der Waals surface area contributed by atoms with Crippen LogP contribution in [0, 0.1) is 0 Å². The zero-order valence-corrected chi connectivity index (χ0v) is 10.4. The topological polar surface area (TPSA) is 74.8 Å². The molecule has 1 saturated heterocycles. The molecule has 0 aliphatic carbocycles. The van der Waals surface area contributed by atoms with Crippen LogP contribution in [0.25, 0.3) is 0 Å². The Morgan fingerprint density at radius 2 is 1.53 bits per heavy atom. The molecule has 0 radical (unpaired) electrons. The second kappa shape index (κ2) is 4.65. The quantitative estimate of drug-likeness (QED) is 0.642. The smallest absolute Gasteiger partial charge is 0.253 e. The molecule has 0 aromatic rings. The predicted molar refractivity (Wildman–Crippen MR) is 58.6 cm³/mol. The van der Waals surface area contributed by atoms with E-state index in [9.17, 15) is 19.2 Å². The van der Waals surface area contributed by atoms with Gasteiger partial charge >= 0.3 is 0 Å². The summed E-state index contributed by atoms with van der Waals surface area (Å²) in [5.74, 6) is -1.93. The number of piperazine rings is 1. The molecule has 2 atom stereocenters. The minimum atomic E-state index is -0.910. The van der Waals surface area contributed by atoms with E-state index >= 15 is 0 Å². The van der Waals surface area contributed by atoms with Crippen molar-refractivity contribution in [2.24, 2.45) is 0 Å². The molecule has 1 fully saturated rings. The van der Waals surface area contributed by atoms with Crippen LogP contribution in [0.2, 0.25) is 0 Å². The maximum Gasteiger partial charge on any atom is 0.253 e. The molecule has 0 aromatic heterocycles. The van der Waals surface area contributed by atoms with Gasteiger partial charge in [-0.2, -0.15) is 0 Å². The summed E-state index contributed by atoms with van der Waals surface area (Å²) in [6.07, 6.45) is 0.306. The fourth-order valence-electron chi connectivity index (χ4n) is 2.09. The molecule has 6 heteroatoms. The van der Waals surface area contributed by atoms with Gasteiger partial charge in [0.25, 0.3) is 11.8 Å². The summed E-state index contributed by atoms with van der Waals surface area (Å²) in [6.45, 7) is 5.62. The van der Waals surface area contributed by atoms with Gasteiger partial charge in [-0.05, 0) is 13.3 Å². The highest BCUT2D eigenvalue weighted by molar-refractivity contribution is 6.11. The molecule has 1 aliphatic rings. The van der Waals surface area contributed by atoms with E-state index in [-0.39, 0.29) is 0 Å². The summed E-state index contributed by atoms with van der Waals surface area (Å²) in [4.78, 5) is 48.6. The van der Waals surface area contributed by atoms with Crippen molar-refractivity contribution >= 4 is 23.6 Å². The highest BCUT2D eigenvalue weighted by Gasteiger charge is 2.46. The van der Waals surface area contributed by atoms with Crippen LogP contribution in [0.15, 0.2) is 0 Å². The lowest BCUT2D eigenvalue weighted by molar-refractivity contribution is -0.170. The van der Waals surface area contributed by atoms with Gasteiger partial charge in [-0.3, -0.25) is 29.0 Å². The van der Waals surface area contributed by atoms with Crippen molar-refractivity contribution in [3.05, 3.63) is 0 Å². The molecular weight excluding hydrogens is 224 g/mol. The molecule has 94 valence electrons. The van der Waals surface area contributed by atoms with Gasteiger partial charge in [-0.15, -0.1) is 0 Å². The monoisotopic (exact) mass is 240 g/mol. The molecule has 0 spiro atoms. The number of imide groups is 2. The van der Waals surface area contributed by atoms with Gasteiger partial charge in [0.1, 0.15) is 12.1 Å². The molecule has 0 unspecified atom stereocenters. The molecule has 0 saturated carbocycles. The second-order valence-electron chi connectivity index (χ2n) is 4.05. The van der Waals surface area contributed by atoms with Crippen LogP contribution in [0.4, 0.5) is 0 Å². The van der Waals surface area contributed by atoms with E-state index in [1.165, 1.54) is 20.8 Å². The Balaban J connectivity index is 3.19. The second-order valence-corrected chi connectivity index (χ2v) is 4.05. The molecule has 0 bridgehead atoms. The fourth-order valence-corrected chi connectivity index (χ4v) is 2.09. The maximum absolute atomic E-state index is 12.0. The third-order valence-electron chi connectivity index (χ3n) is 2.88. The normalized spacial score (nSPS) is 25.2. The standard InChI is InChI=1S/C11H16N2O4/c1-5-9-11(17)12(7(3)14)6(2)10(16)13(9)8(4)15/h6,9H,5H2,1-4H3/t6-,9-/m0/s1. The van der Waals surface area contributed by atoms with Gasteiger partial charge in [0.2, 0.25) is 11.8 Å². The number of hydrogen-bond donors (Lipinski definition) is 0.